The summed E-state index contributed by atoms with van der Waals surface area (Å²) < 4.78 is 0. The maximum Gasteiger partial charge on any atom is 0.251 e. The molecule has 1 saturated heterocycles. The molecule has 1 heterocycles. The zero-order chi connectivity index (χ0) is 19.4. The fraction of sp³-hybridized carbons (Fsp3) is 0.364. The minimum Gasteiger partial charge on any atom is -0.349 e. The number of rotatable bonds is 3. The van der Waals surface area contributed by atoms with Crippen molar-refractivity contribution in [1.82, 2.24) is 10.2 Å². The molecule has 0 aromatic heterocycles. The highest BCUT2D eigenvalue weighted by Gasteiger charge is 2.22. The predicted octanol–water partition coefficient (Wildman–Crippen LogP) is 4.20. The minimum atomic E-state index is 0.00749. The van der Waals surface area contributed by atoms with Crippen LogP contribution in [0.3, 0.4) is 0 Å². The number of thiocarbonyl (C=S) groups is 1. The van der Waals surface area contributed by atoms with Crippen LogP contribution in [0, 0.1) is 20.8 Å². The second-order valence-electron chi connectivity index (χ2n) is 7.41. The van der Waals surface area contributed by atoms with Crippen molar-refractivity contribution in [3.05, 3.63) is 64.7 Å². The fourth-order valence-electron chi connectivity index (χ4n) is 3.53. The van der Waals surface area contributed by atoms with E-state index in [1.165, 1.54) is 11.1 Å². The van der Waals surface area contributed by atoms with Gasteiger partial charge in [-0.1, -0.05) is 23.8 Å². The van der Waals surface area contributed by atoms with E-state index >= 15 is 0 Å². The van der Waals surface area contributed by atoms with Gasteiger partial charge in [0.25, 0.3) is 5.91 Å². The molecule has 0 radical (unpaired) electrons. The van der Waals surface area contributed by atoms with Gasteiger partial charge in [0, 0.05) is 30.4 Å². The Morgan fingerprint density at radius 3 is 2.30 bits per heavy atom. The Hall–Kier alpha value is -2.40. The first-order valence-electron chi connectivity index (χ1n) is 9.42. The molecule has 0 bridgehead atoms. The van der Waals surface area contributed by atoms with Crippen LogP contribution >= 0.6 is 12.2 Å². The van der Waals surface area contributed by atoms with E-state index in [4.69, 9.17) is 12.2 Å². The Balaban J connectivity index is 1.51. The third kappa shape index (κ3) is 5.30. The second kappa shape index (κ2) is 8.53. The van der Waals surface area contributed by atoms with Crippen molar-refractivity contribution in [2.24, 2.45) is 0 Å². The SMILES string of the molecule is Cc1cc(C)cc(NC(=S)N2CCC(NC(=O)c3cccc(C)c3)CC2)c1. The summed E-state index contributed by atoms with van der Waals surface area (Å²) in [6.45, 7) is 7.86. The summed E-state index contributed by atoms with van der Waals surface area (Å²) in [5.74, 6) is 0.00749. The zero-order valence-corrected chi connectivity index (χ0v) is 17.0. The number of aryl methyl sites for hydroxylation is 3. The number of carbonyl (C=O) groups excluding carboxylic acids is 1. The summed E-state index contributed by atoms with van der Waals surface area (Å²) >= 11 is 5.59. The first-order chi connectivity index (χ1) is 12.9. The smallest absolute Gasteiger partial charge is 0.251 e. The van der Waals surface area contributed by atoms with Gasteiger partial charge in [-0.25, -0.2) is 0 Å². The average Bonchev–Trinajstić information content (AvgIpc) is 2.61. The highest BCUT2D eigenvalue weighted by Crippen LogP contribution is 2.17. The van der Waals surface area contributed by atoms with Crippen molar-refractivity contribution in [2.45, 2.75) is 39.7 Å². The van der Waals surface area contributed by atoms with Crippen LogP contribution in [0.15, 0.2) is 42.5 Å². The lowest BCUT2D eigenvalue weighted by Crippen LogP contribution is -2.47. The Labute approximate surface area is 167 Å². The first kappa shape index (κ1) is 19.4. The van der Waals surface area contributed by atoms with Crippen molar-refractivity contribution >= 4 is 28.9 Å². The Morgan fingerprint density at radius 1 is 1.00 bits per heavy atom. The summed E-state index contributed by atoms with van der Waals surface area (Å²) in [5, 5.41) is 7.26. The van der Waals surface area contributed by atoms with Gasteiger partial charge in [0.15, 0.2) is 5.11 Å². The van der Waals surface area contributed by atoms with Gasteiger partial charge in [-0.15, -0.1) is 0 Å². The van der Waals surface area contributed by atoms with Crippen LogP contribution in [-0.2, 0) is 0 Å². The maximum atomic E-state index is 12.4. The maximum absolute atomic E-state index is 12.4. The lowest BCUT2D eigenvalue weighted by molar-refractivity contribution is 0.0922. The highest BCUT2D eigenvalue weighted by atomic mass is 32.1. The Bertz CT molecular complexity index is 821. The number of likely N-dealkylation sites (tertiary alicyclic amines) is 1. The number of nitrogens with one attached hydrogen (secondary N) is 2. The van der Waals surface area contributed by atoms with Crippen molar-refractivity contribution in [1.29, 1.82) is 0 Å². The summed E-state index contributed by atoms with van der Waals surface area (Å²) in [7, 11) is 0. The van der Waals surface area contributed by atoms with E-state index in [0.717, 1.165) is 47.9 Å². The van der Waals surface area contributed by atoms with Gasteiger partial charge < -0.3 is 15.5 Å². The molecule has 0 unspecified atom stereocenters. The molecule has 1 aliphatic rings. The number of hydrogen-bond acceptors (Lipinski definition) is 2. The molecule has 3 rings (SSSR count). The molecule has 2 aromatic rings. The van der Waals surface area contributed by atoms with Gasteiger partial charge in [-0.05, 0) is 81.2 Å². The van der Waals surface area contributed by atoms with E-state index in [-0.39, 0.29) is 11.9 Å². The van der Waals surface area contributed by atoms with Crippen LogP contribution in [0.2, 0.25) is 0 Å². The number of amides is 1. The van der Waals surface area contributed by atoms with Crippen LogP contribution in [0.5, 0.6) is 0 Å². The van der Waals surface area contributed by atoms with Crippen molar-refractivity contribution < 1.29 is 4.79 Å². The number of carbonyl (C=O) groups is 1. The molecule has 0 atom stereocenters. The van der Waals surface area contributed by atoms with Crippen LogP contribution in [0.4, 0.5) is 5.69 Å². The van der Waals surface area contributed by atoms with Crippen molar-refractivity contribution in [2.75, 3.05) is 18.4 Å². The normalized spacial score (nSPS) is 14.7. The monoisotopic (exact) mass is 381 g/mol. The number of nitrogens with zero attached hydrogens (tertiary/aromatic N) is 1. The molecule has 4 nitrogen and oxygen atoms in total. The van der Waals surface area contributed by atoms with Gasteiger partial charge in [0.05, 0.1) is 0 Å². The van der Waals surface area contributed by atoms with Gasteiger partial charge in [0.2, 0.25) is 0 Å². The molecule has 2 N–H and O–H groups in total. The van der Waals surface area contributed by atoms with Crippen LogP contribution < -0.4 is 10.6 Å². The van der Waals surface area contributed by atoms with Crippen LogP contribution in [0.1, 0.15) is 39.9 Å². The summed E-state index contributed by atoms with van der Waals surface area (Å²) in [6.07, 6.45) is 1.79. The molecular formula is C22H27N3OS. The lowest BCUT2D eigenvalue weighted by Gasteiger charge is -2.34. The summed E-state index contributed by atoms with van der Waals surface area (Å²) in [5.41, 5.74) is 5.30. The molecule has 1 fully saturated rings. The molecule has 0 aliphatic carbocycles. The summed E-state index contributed by atoms with van der Waals surface area (Å²) in [4.78, 5) is 14.6. The lowest BCUT2D eigenvalue weighted by atomic mass is 10.0. The molecule has 1 amide bonds. The number of piperidine rings is 1. The highest BCUT2D eigenvalue weighted by molar-refractivity contribution is 7.80. The number of hydrogen-bond donors (Lipinski definition) is 2. The second-order valence-corrected chi connectivity index (χ2v) is 7.80. The molecular weight excluding hydrogens is 354 g/mol. The first-order valence-corrected chi connectivity index (χ1v) is 9.83. The number of anilines is 1. The van der Waals surface area contributed by atoms with Crippen molar-refractivity contribution in [3.63, 3.8) is 0 Å². The molecule has 0 saturated carbocycles. The third-order valence-corrected chi connectivity index (χ3v) is 5.23. The Kier molecular flexibility index (Phi) is 6.11. The van der Waals surface area contributed by atoms with Gasteiger partial charge in [0.1, 0.15) is 0 Å². The van der Waals surface area contributed by atoms with E-state index in [2.05, 4.69) is 47.6 Å². The molecule has 142 valence electrons. The zero-order valence-electron chi connectivity index (χ0n) is 16.2. The van der Waals surface area contributed by atoms with E-state index in [9.17, 15) is 4.79 Å². The molecule has 5 heteroatoms. The quantitative estimate of drug-likeness (QED) is 0.782. The molecule has 2 aromatic carbocycles. The van der Waals surface area contributed by atoms with E-state index in [1.807, 2.05) is 31.2 Å². The van der Waals surface area contributed by atoms with Gasteiger partial charge >= 0.3 is 0 Å². The minimum absolute atomic E-state index is 0.00749. The molecule has 1 aliphatic heterocycles. The number of benzene rings is 2. The van der Waals surface area contributed by atoms with Crippen LogP contribution in [0.25, 0.3) is 0 Å². The van der Waals surface area contributed by atoms with Gasteiger partial charge in [-0.2, -0.15) is 0 Å². The average molecular weight is 382 g/mol. The topological polar surface area (TPSA) is 44.4 Å². The fourth-order valence-corrected chi connectivity index (χ4v) is 3.83. The van der Waals surface area contributed by atoms with E-state index in [1.54, 1.807) is 0 Å². The standard InChI is InChI=1S/C22H27N3OS/c1-15-5-4-6-18(12-15)21(26)23-19-7-9-25(10-8-19)22(27)24-20-13-16(2)11-17(3)14-20/h4-6,11-14,19H,7-10H2,1-3H3,(H,23,26)(H,24,27). The van der Waals surface area contributed by atoms with E-state index in [0.29, 0.717) is 0 Å². The van der Waals surface area contributed by atoms with Crippen LogP contribution in [-0.4, -0.2) is 35.1 Å². The molecule has 27 heavy (non-hydrogen) atoms. The van der Waals surface area contributed by atoms with Crippen molar-refractivity contribution in [3.8, 4) is 0 Å². The molecule has 0 spiro atoms. The largest absolute Gasteiger partial charge is 0.349 e. The Morgan fingerprint density at radius 2 is 1.67 bits per heavy atom. The third-order valence-electron chi connectivity index (χ3n) is 4.87. The summed E-state index contributed by atoms with van der Waals surface area (Å²) in [6, 6.07) is 14.3. The van der Waals surface area contributed by atoms with E-state index < -0.39 is 0 Å². The predicted molar refractivity (Wildman–Crippen MR) is 115 cm³/mol. The van der Waals surface area contributed by atoms with Gasteiger partial charge in [-0.3, -0.25) is 4.79 Å².